The molecule has 0 spiro atoms. The molecule has 0 N–H and O–H groups in total. The molecule has 0 aliphatic rings. The summed E-state index contributed by atoms with van der Waals surface area (Å²) in [5.74, 6) is 0. The monoisotopic (exact) mass is 187 g/mol. The maximum Gasteiger partial charge on any atom is 0.164 e. The number of aromatic nitrogens is 3. The van der Waals surface area contributed by atoms with Crippen molar-refractivity contribution in [1.29, 1.82) is 0 Å². The number of benzene rings is 1. The van der Waals surface area contributed by atoms with Gasteiger partial charge in [-0.25, -0.2) is 0 Å². The summed E-state index contributed by atoms with van der Waals surface area (Å²) in [4.78, 5) is 3.96. The van der Waals surface area contributed by atoms with Crippen LogP contribution >= 0.6 is 8.51 Å². The molecule has 3 rings (SSSR count). The van der Waals surface area contributed by atoms with Crippen LogP contribution in [0.1, 0.15) is 0 Å². The van der Waals surface area contributed by atoms with Gasteiger partial charge < -0.3 is 0 Å². The molecule has 3 aromatic rings. The van der Waals surface area contributed by atoms with E-state index in [-0.39, 0.29) is 0 Å². The third-order valence-corrected chi connectivity index (χ3v) is 2.84. The first kappa shape index (κ1) is 6.98. The molecular formula is C9H6N3P. The van der Waals surface area contributed by atoms with Gasteiger partial charge in [0.15, 0.2) is 14.2 Å². The van der Waals surface area contributed by atoms with Crippen molar-refractivity contribution in [2.45, 2.75) is 0 Å². The van der Waals surface area contributed by atoms with Gasteiger partial charge >= 0.3 is 0 Å². The topological polar surface area (TPSA) is 30.2 Å². The Balaban J connectivity index is 2.65. The van der Waals surface area contributed by atoms with Gasteiger partial charge in [0, 0.05) is 0 Å². The smallest absolute Gasteiger partial charge is 0.164 e. The van der Waals surface area contributed by atoms with Crippen molar-refractivity contribution in [1.82, 2.24) is 14.1 Å². The summed E-state index contributed by atoms with van der Waals surface area (Å²) < 4.78 is 2.08. The Morgan fingerprint density at radius 3 is 3.00 bits per heavy atom. The summed E-state index contributed by atoms with van der Waals surface area (Å²) in [5.41, 5.74) is 2.12. The molecule has 0 saturated heterocycles. The highest BCUT2D eigenvalue weighted by Crippen LogP contribution is 2.18. The van der Waals surface area contributed by atoms with E-state index in [1.165, 1.54) is 10.9 Å². The Bertz CT molecular complexity index is 573. The van der Waals surface area contributed by atoms with Crippen molar-refractivity contribution in [3.05, 3.63) is 36.4 Å². The van der Waals surface area contributed by atoms with E-state index in [4.69, 9.17) is 0 Å². The zero-order valence-corrected chi connectivity index (χ0v) is 7.65. The zero-order chi connectivity index (χ0) is 8.67. The Labute approximate surface area is 76.3 Å². The summed E-state index contributed by atoms with van der Waals surface area (Å²) in [6.45, 7) is 0. The molecule has 0 radical (unpaired) electrons. The molecule has 1 aromatic carbocycles. The third-order valence-electron chi connectivity index (χ3n) is 2.07. The maximum absolute atomic E-state index is 4.03. The van der Waals surface area contributed by atoms with Gasteiger partial charge in [-0.1, -0.05) is 18.2 Å². The van der Waals surface area contributed by atoms with Crippen LogP contribution in [0.15, 0.2) is 36.4 Å². The van der Waals surface area contributed by atoms with E-state index >= 15 is 0 Å². The molecular weight excluding hydrogens is 181 g/mol. The summed E-state index contributed by atoms with van der Waals surface area (Å²) in [6, 6.07) is 12.3. The standard InChI is InChI=1S/C9H6N3P/c1-2-4-8-7(3-1)5-6-9-10-11-13-12(8)9/h1-6H. The quantitative estimate of drug-likeness (QED) is 0.541. The molecule has 2 aromatic heterocycles. The fraction of sp³-hybridized carbons (Fsp3) is 0. The van der Waals surface area contributed by atoms with E-state index in [0.717, 1.165) is 14.2 Å². The second kappa shape index (κ2) is 2.51. The van der Waals surface area contributed by atoms with Crippen molar-refractivity contribution in [3.8, 4) is 0 Å². The Hall–Kier alpha value is -1.47. The van der Waals surface area contributed by atoms with Gasteiger partial charge in [0.2, 0.25) is 0 Å². The van der Waals surface area contributed by atoms with Gasteiger partial charge in [-0.15, -0.1) is 9.96 Å². The van der Waals surface area contributed by atoms with Gasteiger partial charge in [0.05, 0.1) is 5.52 Å². The Kier molecular flexibility index (Phi) is 1.35. The lowest BCUT2D eigenvalue weighted by Crippen LogP contribution is -1.82. The lowest BCUT2D eigenvalue weighted by Gasteiger charge is -1.98. The van der Waals surface area contributed by atoms with Crippen molar-refractivity contribution < 1.29 is 0 Å². The van der Waals surface area contributed by atoms with Crippen LogP contribution in [0, 0.1) is 0 Å². The van der Waals surface area contributed by atoms with E-state index in [0.29, 0.717) is 0 Å². The number of hydrogen-bond donors (Lipinski definition) is 0. The van der Waals surface area contributed by atoms with E-state index in [9.17, 15) is 0 Å². The molecule has 0 saturated carbocycles. The first-order valence-electron chi connectivity index (χ1n) is 4.01. The molecule has 0 atom stereocenters. The van der Waals surface area contributed by atoms with Crippen molar-refractivity contribution in [3.63, 3.8) is 0 Å². The van der Waals surface area contributed by atoms with Crippen LogP contribution in [0.25, 0.3) is 16.6 Å². The first-order chi connectivity index (χ1) is 6.45. The van der Waals surface area contributed by atoms with Gasteiger partial charge in [0.1, 0.15) is 0 Å². The maximum atomic E-state index is 4.03. The summed E-state index contributed by atoms with van der Waals surface area (Å²) in [6.07, 6.45) is 0. The molecule has 13 heavy (non-hydrogen) atoms. The zero-order valence-electron chi connectivity index (χ0n) is 6.75. The minimum atomic E-state index is 0.890. The van der Waals surface area contributed by atoms with Gasteiger partial charge in [-0.2, -0.15) is 0 Å². The number of hydrogen-bond acceptors (Lipinski definition) is 2. The van der Waals surface area contributed by atoms with E-state index in [1.54, 1.807) is 0 Å². The van der Waals surface area contributed by atoms with Gasteiger partial charge in [0.25, 0.3) is 0 Å². The van der Waals surface area contributed by atoms with E-state index < -0.39 is 0 Å². The average molecular weight is 187 g/mol. The highest BCUT2D eigenvalue weighted by Gasteiger charge is 1.99. The van der Waals surface area contributed by atoms with Crippen LogP contribution in [0.2, 0.25) is 0 Å². The van der Waals surface area contributed by atoms with Crippen molar-refractivity contribution in [2.75, 3.05) is 0 Å². The van der Waals surface area contributed by atoms with Crippen LogP contribution < -0.4 is 0 Å². The van der Waals surface area contributed by atoms with Crippen LogP contribution in [0.5, 0.6) is 0 Å². The normalized spacial score (nSPS) is 11.7. The summed E-state index contributed by atoms with van der Waals surface area (Å²) in [5, 5.41) is 5.25. The molecule has 3 nitrogen and oxygen atoms in total. The second-order valence-electron chi connectivity index (χ2n) is 2.84. The number of fused-ring (bicyclic) bond motifs is 3. The minimum absolute atomic E-state index is 0.890. The predicted molar refractivity (Wildman–Crippen MR) is 53.0 cm³/mol. The molecule has 0 unspecified atom stereocenters. The van der Waals surface area contributed by atoms with E-state index in [2.05, 4.69) is 32.3 Å². The number of pyridine rings is 1. The fourth-order valence-corrected chi connectivity index (χ4v) is 2.14. The number of para-hydroxylation sites is 1. The molecule has 62 valence electrons. The third kappa shape index (κ3) is 0.941. The number of nitrogens with zero attached hydrogens (tertiary/aromatic N) is 3. The van der Waals surface area contributed by atoms with Crippen molar-refractivity contribution >= 4 is 25.1 Å². The minimum Gasteiger partial charge on any atom is -0.258 e. The average Bonchev–Trinajstić information content (AvgIpc) is 2.65. The highest BCUT2D eigenvalue weighted by atomic mass is 31.1. The lowest BCUT2D eigenvalue weighted by molar-refractivity contribution is 1.18. The highest BCUT2D eigenvalue weighted by molar-refractivity contribution is 7.21. The summed E-state index contributed by atoms with van der Waals surface area (Å²) in [7, 11) is 0.890. The van der Waals surface area contributed by atoms with Gasteiger partial charge in [-0.05, 0) is 23.6 Å². The molecule has 2 heterocycles. The first-order valence-corrected chi connectivity index (χ1v) is 4.81. The molecule has 0 amide bonds. The van der Waals surface area contributed by atoms with Crippen LogP contribution in [0.3, 0.4) is 0 Å². The van der Waals surface area contributed by atoms with Crippen LogP contribution in [-0.2, 0) is 0 Å². The Morgan fingerprint density at radius 1 is 1.08 bits per heavy atom. The second-order valence-corrected chi connectivity index (χ2v) is 3.60. The molecule has 0 bridgehead atoms. The fourth-order valence-electron chi connectivity index (χ4n) is 1.46. The molecule has 0 fully saturated rings. The van der Waals surface area contributed by atoms with E-state index in [1.807, 2.05) is 18.2 Å². The lowest BCUT2D eigenvalue weighted by atomic mass is 10.2. The van der Waals surface area contributed by atoms with Crippen LogP contribution in [-0.4, -0.2) is 14.1 Å². The SMILES string of the molecule is c1ccc2c(c1)ccc1nnpn12. The summed E-state index contributed by atoms with van der Waals surface area (Å²) >= 11 is 0. The molecule has 0 aliphatic heterocycles. The van der Waals surface area contributed by atoms with Crippen molar-refractivity contribution in [2.24, 2.45) is 0 Å². The van der Waals surface area contributed by atoms with Gasteiger partial charge in [-0.3, -0.25) is 4.16 Å². The predicted octanol–water partition coefficient (Wildman–Crippen LogP) is 2.46. The van der Waals surface area contributed by atoms with Crippen LogP contribution in [0.4, 0.5) is 0 Å². The largest absolute Gasteiger partial charge is 0.258 e. The molecule has 4 heteroatoms. The number of rotatable bonds is 0. The molecule has 0 aliphatic carbocycles. The Morgan fingerprint density at radius 2 is 2.00 bits per heavy atom.